The average Bonchev–Trinajstić information content (AvgIpc) is 2.86. The van der Waals surface area contributed by atoms with Gasteiger partial charge in [0.2, 0.25) is 0 Å². The second-order valence-electron chi connectivity index (χ2n) is 4.10. The van der Waals surface area contributed by atoms with E-state index in [1.165, 1.54) is 16.8 Å². The molecule has 0 aliphatic heterocycles. The number of hydrogen-bond donors (Lipinski definition) is 0. The zero-order chi connectivity index (χ0) is 12.3. The van der Waals surface area contributed by atoms with Gasteiger partial charge in [-0.05, 0) is 30.0 Å². The minimum Gasteiger partial charge on any atom is -0.323 e. The highest BCUT2D eigenvalue weighted by atomic mass is 16.1. The number of aldehydes is 1. The molecule has 1 aromatic carbocycles. The monoisotopic (exact) mass is 227 g/mol. The number of hydrogen-bond acceptors (Lipinski definition) is 1. The first kappa shape index (κ1) is 11.6. The van der Waals surface area contributed by atoms with E-state index in [1.54, 1.807) is 0 Å². The van der Waals surface area contributed by atoms with E-state index in [4.69, 9.17) is 0 Å². The van der Waals surface area contributed by atoms with Crippen molar-refractivity contribution < 1.29 is 4.79 Å². The van der Waals surface area contributed by atoms with Crippen molar-refractivity contribution in [1.82, 2.24) is 4.57 Å². The van der Waals surface area contributed by atoms with Gasteiger partial charge >= 0.3 is 0 Å². The lowest BCUT2D eigenvalue weighted by Gasteiger charge is -2.14. The maximum absolute atomic E-state index is 10.7. The molecule has 0 unspecified atom stereocenters. The molecule has 1 aromatic heterocycles. The highest BCUT2D eigenvalue weighted by molar-refractivity contribution is 5.74. The van der Waals surface area contributed by atoms with Crippen molar-refractivity contribution in [1.29, 1.82) is 0 Å². The van der Waals surface area contributed by atoms with E-state index >= 15 is 0 Å². The zero-order valence-corrected chi connectivity index (χ0v) is 10.3. The first-order valence-electron chi connectivity index (χ1n) is 6.04. The summed E-state index contributed by atoms with van der Waals surface area (Å²) in [5, 5.41) is 0. The van der Waals surface area contributed by atoms with E-state index in [1.807, 2.05) is 18.5 Å². The van der Waals surface area contributed by atoms with Crippen LogP contribution in [0.3, 0.4) is 0 Å². The third kappa shape index (κ3) is 2.16. The van der Waals surface area contributed by atoms with Crippen LogP contribution in [0.25, 0.3) is 5.69 Å². The van der Waals surface area contributed by atoms with Gasteiger partial charge in [0, 0.05) is 18.0 Å². The molecule has 1 heterocycles. The SMILES string of the molecule is CCc1cccc(CC)c1-n1ccc(C=O)c1. The maximum Gasteiger partial charge on any atom is 0.151 e. The van der Waals surface area contributed by atoms with Gasteiger partial charge < -0.3 is 4.57 Å². The summed E-state index contributed by atoms with van der Waals surface area (Å²) in [6.45, 7) is 4.31. The molecule has 0 aliphatic carbocycles. The molecule has 2 heteroatoms. The molecule has 2 rings (SSSR count). The zero-order valence-electron chi connectivity index (χ0n) is 10.3. The van der Waals surface area contributed by atoms with Crippen molar-refractivity contribution in [2.75, 3.05) is 0 Å². The molecule has 0 atom stereocenters. The van der Waals surface area contributed by atoms with E-state index in [2.05, 4.69) is 36.6 Å². The summed E-state index contributed by atoms with van der Waals surface area (Å²) in [5.74, 6) is 0. The summed E-state index contributed by atoms with van der Waals surface area (Å²) < 4.78 is 2.06. The number of aryl methyl sites for hydroxylation is 2. The fraction of sp³-hybridized carbons (Fsp3) is 0.267. The molecule has 0 aliphatic rings. The summed E-state index contributed by atoms with van der Waals surface area (Å²) in [6.07, 6.45) is 6.73. The van der Waals surface area contributed by atoms with Crippen molar-refractivity contribution in [3.63, 3.8) is 0 Å². The van der Waals surface area contributed by atoms with Crippen LogP contribution in [0.1, 0.15) is 35.3 Å². The number of para-hydroxylation sites is 1. The standard InChI is InChI=1S/C15H17NO/c1-3-13-6-5-7-14(4-2)15(13)16-9-8-12(10-16)11-17/h5-11H,3-4H2,1-2H3. The second kappa shape index (κ2) is 5.00. The molecular formula is C15H17NO. The van der Waals surface area contributed by atoms with E-state index in [-0.39, 0.29) is 0 Å². The number of aromatic nitrogens is 1. The molecule has 0 amide bonds. The Hall–Kier alpha value is -1.83. The van der Waals surface area contributed by atoms with Crippen molar-refractivity contribution in [2.24, 2.45) is 0 Å². The Labute approximate surface area is 102 Å². The minimum atomic E-state index is 0.720. The van der Waals surface area contributed by atoms with Crippen LogP contribution in [0.15, 0.2) is 36.7 Å². The number of rotatable bonds is 4. The van der Waals surface area contributed by atoms with Gasteiger partial charge in [0.25, 0.3) is 0 Å². The molecule has 0 radical (unpaired) electrons. The maximum atomic E-state index is 10.7. The van der Waals surface area contributed by atoms with Crippen LogP contribution in [0.2, 0.25) is 0 Å². The molecule has 88 valence electrons. The van der Waals surface area contributed by atoms with Crippen LogP contribution in [0.4, 0.5) is 0 Å². The van der Waals surface area contributed by atoms with E-state index < -0.39 is 0 Å². The van der Waals surface area contributed by atoms with Crippen LogP contribution in [-0.4, -0.2) is 10.9 Å². The Bertz CT molecular complexity index is 503. The van der Waals surface area contributed by atoms with Crippen molar-refractivity contribution in [3.8, 4) is 5.69 Å². The van der Waals surface area contributed by atoms with Gasteiger partial charge in [-0.3, -0.25) is 4.79 Å². The summed E-state index contributed by atoms with van der Waals surface area (Å²) in [6, 6.07) is 8.24. The predicted octanol–water partition coefficient (Wildman–Crippen LogP) is 3.41. The minimum absolute atomic E-state index is 0.720. The van der Waals surface area contributed by atoms with E-state index in [9.17, 15) is 4.79 Å². The van der Waals surface area contributed by atoms with Gasteiger partial charge in [-0.25, -0.2) is 0 Å². The van der Waals surface area contributed by atoms with Crippen molar-refractivity contribution >= 4 is 6.29 Å². The predicted molar refractivity (Wildman–Crippen MR) is 69.9 cm³/mol. The van der Waals surface area contributed by atoms with Gasteiger partial charge in [0.05, 0.1) is 5.69 Å². The van der Waals surface area contributed by atoms with Gasteiger partial charge in [0.15, 0.2) is 6.29 Å². The summed E-state index contributed by atoms with van der Waals surface area (Å²) >= 11 is 0. The van der Waals surface area contributed by atoms with Crippen LogP contribution >= 0.6 is 0 Å². The Morgan fingerprint density at radius 1 is 1.12 bits per heavy atom. The fourth-order valence-corrected chi connectivity index (χ4v) is 2.17. The lowest BCUT2D eigenvalue weighted by atomic mass is 10.0. The molecular weight excluding hydrogens is 210 g/mol. The van der Waals surface area contributed by atoms with Gasteiger partial charge in [-0.2, -0.15) is 0 Å². The summed E-state index contributed by atoms with van der Waals surface area (Å²) in [5.41, 5.74) is 4.58. The molecule has 0 bridgehead atoms. The number of carbonyl (C=O) groups is 1. The van der Waals surface area contributed by atoms with Crippen LogP contribution in [0, 0.1) is 0 Å². The molecule has 0 saturated carbocycles. The molecule has 17 heavy (non-hydrogen) atoms. The van der Waals surface area contributed by atoms with Crippen molar-refractivity contribution in [3.05, 3.63) is 53.3 Å². The van der Waals surface area contributed by atoms with Crippen LogP contribution in [0.5, 0.6) is 0 Å². The van der Waals surface area contributed by atoms with E-state index in [0.717, 1.165) is 24.7 Å². The number of nitrogens with zero attached hydrogens (tertiary/aromatic N) is 1. The fourth-order valence-electron chi connectivity index (χ4n) is 2.17. The number of carbonyl (C=O) groups excluding carboxylic acids is 1. The Balaban J connectivity index is 2.59. The smallest absolute Gasteiger partial charge is 0.151 e. The van der Waals surface area contributed by atoms with Crippen LogP contribution in [-0.2, 0) is 12.8 Å². The lowest BCUT2D eigenvalue weighted by molar-refractivity contribution is 0.112. The molecule has 2 nitrogen and oxygen atoms in total. The third-order valence-corrected chi connectivity index (χ3v) is 3.07. The first-order chi connectivity index (χ1) is 8.30. The molecule has 0 spiro atoms. The Morgan fingerprint density at radius 3 is 2.24 bits per heavy atom. The van der Waals surface area contributed by atoms with Gasteiger partial charge in [-0.1, -0.05) is 32.0 Å². The van der Waals surface area contributed by atoms with Crippen LogP contribution < -0.4 is 0 Å². The summed E-state index contributed by atoms with van der Waals surface area (Å²) in [7, 11) is 0. The highest BCUT2D eigenvalue weighted by Gasteiger charge is 2.08. The largest absolute Gasteiger partial charge is 0.323 e. The third-order valence-electron chi connectivity index (χ3n) is 3.07. The van der Waals surface area contributed by atoms with Gasteiger partial charge in [0.1, 0.15) is 0 Å². The summed E-state index contributed by atoms with van der Waals surface area (Å²) in [4.78, 5) is 10.7. The molecule has 0 fully saturated rings. The number of benzene rings is 1. The first-order valence-corrected chi connectivity index (χ1v) is 6.04. The van der Waals surface area contributed by atoms with Gasteiger partial charge in [-0.15, -0.1) is 0 Å². The molecule has 0 saturated heterocycles. The second-order valence-corrected chi connectivity index (χ2v) is 4.10. The molecule has 0 N–H and O–H groups in total. The normalized spacial score (nSPS) is 10.5. The van der Waals surface area contributed by atoms with E-state index in [0.29, 0.717) is 0 Å². The molecule has 2 aromatic rings. The lowest BCUT2D eigenvalue weighted by Crippen LogP contribution is -2.01. The Kier molecular flexibility index (Phi) is 3.43. The quantitative estimate of drug-likeness (QED) is 0.734. The average molecular weight is 227 g/mol. The van der Waals surface area contributed by atoms with Crippen molar-refractivity contribution in [2.45, 2.75) is 26.7 Å². The topological polar surface area (TPSA) is 22.0 Å². The highest BCUT2D eigenvalue weighted by Crippen LogP contribution is 2.22. The Morgan fingerprint density at radius 2 is 1.76 bits per heavy atom.